The van der Waals surface area contributed by atoms with Crippen molar-refractivity contribution in [1.82, 2.24) is 9.46 Å². The second-order valence-electron chi connectivity index (χ2n) is 4.55. The lowest BCUT2D eigenvalue weighted by Crippen LogP contribution is -2.40. The fraction of sp³-hybridized carbons (Fsp3) is 0.636. The van der Waals surface area contributed by atoms with E-state index < -0.39 is 10.0 Å². The van der Waals surface area contributed by atoms with Gasteiger partial charge in [0.2, 0.25) is 10.0 Å². The van der Waals surface area contributed by atoms with E-state index in [1.54, 1.807) is 13.8 Å². The van der Waals surface area contributed by atoms with Gasteiger partial charge in [0.15, 0.2) is 5.76 Å². The van der Waals surface area contributed by atoms with Crippen molar-refractivity contribution in [1.29, 1.82) is 0 Å². The van der Waals surface area contributed by atoms with E-state index in [1.807, 2.05) is 0 Å². The van der Waals surface area contributed by atoms with Crippen molar-refractivity contribution in [3.63, 3.8) is 0 Å². The smallest absolute Gasteiger partial charge is 0.248 e. The molecule has 1 aliphatic rings. The molecule has 0 bridgehead atoms. The van der Waals surface area contributed by atoms with Crippen LogP contribution in [-0.2, 0) is 14.8 Å². The van der Waals surface area contributed by atoms with E-state index in [1.165, 1.54) is 4.31 Å². The lowest BCUT2D eigenvalue weighted by molar-refractivity contribution is -0.112. The number of hydrogen-bond donors (Lipinski definition) is 0. The third kappa shape index (κ3) is 2.20. The summed E-state index contributed by atoms with van der Waals surface area (Å²) in [6.07, 6.45) is 2.28. The van der Waals surface area contributed by atoms with Gasteiger partial charge in [-0.15, -0.1) is 0 Å². The average Bonchev–Trinajstić information content (AvgIpc) is 2.69. The Morgan fingerprint density at radius 2 is 2.17 bits per heavy atom. The normalized spacial score (nSPS) is 22.0. The number of rotatable bonds is 3. The Morgan fingerprint density at radius 3 is 2.72 bits per heavy atom. The van der Waals surface area contributed by atoms with Gasteiger partial charge in [-0.2, -0.15) is 4.31 Å². The number of hydrogen-bond acceptors (Lipinski definition) is 5. The molecule has 1 atom stereocenters. The molecular formula is C11H16N2O4S. The van der Waals surface area contributed by atoms with Gasteiger partial charge >= 0.3 is 0 Å². The summed E-state index contributed by atoms with van der Waals surface area (Å²) in [6, 6.07) is 0. The highest BCUT2D eigenvalue weighted by Gasteiger charge is 2.34. The summed E-state index contributed by atoms with van der Waals surface area (Å²) in [5.41, 5.74) is 0.362. The van der Waals surface area contributed by atoms with E-state index in [0.29, 0.717) is 24.4 Å². The maximum absolute atomic E-state index is 12.5. The number of piperidine rings is 1. The molecule has 0 N–H and O–H groups in total. The number of aryl methyl sites for hydroxylation is 2. The van der Waals surface area contributed by atoms with Crippen molar-refractivity contribution < 1.29 is 17.7 Å². The number of carbonyl (C=O) groups excluding carboxylic acids is 1. The molecule has 100 valence electrons. The summed E-state index contributed by atoms with van der Waals surface area (Å²) in [7, 11) is -3.60. The SMILES string of the molecule is Cc1noc(C)c1S(=O)(=O)N1CCCC(C=O)C1. The van der Waals surface area contributed by atoms with Gasteiger partial charge in [0, 0.05) is 19.0 Å². The van der Waals surface area contributed by atoms with Crippen molar-refractivity contribution in [2.24, 2.45) is 5.92 Å². The molecule has 1 unspecified atom stereocenters. The number of aldehydes is 1. The number of sulfonamides is 1. The molecule has 0 aromatic carbocycles. The minimum absolute atomic E-state index is 0.133. The zero-order chi connectivity index (χ0) is 13.3. The Morgan fingerprint density at radius 1 is 1.44 bits per heavy atom. The number of nitrogens with zero attached hydrogens (tertiary/aromatic N) is 2. The van der Waals surface area contributed by atoms with Crippen LogP contribution in [0.2, 0.25) is 0 Å². The molecule has 1 aromatic heterocycles. The molecule has 2 rings (SSSR count). The van der Waals surface area contributed by atoms with E-state index in [2.05, 4.69) is 5.16 Å². The van der Waals surface area contributed by atoms with Crippen LogP contribution in [0.15, 0.2) is 9.42 Å². The van der Waals surface area contributed by atoms with Crippen LogP contribution < -0.4 is 0 Å². The third-order valence-corrected chi connectivity index (χ3v) is 5.29. The van der Waals surface area contributed by atoms with E-state index in [4.69, 9.17) is 4.52 Å². The first-order valence-electron chi connectivity index (χ1n) is 5.85. The van der Waals surface area contributed by atoms with E-state index in [-0.39, 0.29) is 17.4 Å². The topological polar surface area (TPSA) is 80.5 Å². The molecule has 0 amide bonds. The molecule has 18 heavy (non-hydrogen) atoms. The Bertz CT molecular complexity index is 530. The summed E-state index contributed by atoms with van der Waals surface area (Å²) in [5.74, 6) is 0.0784. The van der Waals surface area contributed by atoms with Gasteiger partial charge < -0.3 is 9.32 Å². The predicted octanol–water partition coefficient (Wildman–Crippen LogP) is 0.891. The lowest BCUT2D eigenvalue weighted by atomic mass is 10.0. The second kappa shape index (κ2) is 4.81. The first-order chi connectivity index (χ1) is 8.46. The molecule has 0 spiro atoms. The maximum atomic E-state index is 12.5. The van der Waals surface area contributed by atoms with Gasteiger partial charge in [-0.3, -0.25) is 0 Å². The van der Waals surface area contributed by atoms with E-state index >= 15 is 0 Å². The predicted molar refractivity (Wildman–Crippen MR) is 63.5 cm³/mol. The summed E-state index contributed by atoms with van der Waals surface area (Å²) in [4.78, 5) is 10.9. The molecule has 0 saturated carbocycles. The fourth-order valence-electron chi connectivity index (χ4n) is 2.28. The van der Waals surface area contributed by atoms with Crippen molar-refractivity contribution in [2.75, 3.05) is 13.1 Å². The van der Waals surface area contributed by atoms with Crippen LogP contribution in [0.4, 0.5) is 0 Å². The molecule has 0 radical (unpaired) electrons. The van der Waals surface area contributed by atoms with Gasteiger partial charge in [0.05, 0.1) is 0 Å². The molecule has 6 nitrogen and oxygen atoms in total. The zero-order valence-electron chi connectivity index (χ0n) is 10.4. The summed E-state index contributed by atoms with van der Waals surface area (Å²) in [5, 5.41) is 3.67. The molecule has 7 heteroatoms. The van der Waals surface area contributed by atoms with Gasteiger partial charge in [-0.1, -0.05) is 5.16 Å². The van der Waals surface area contributed by atoms with Crippen LogP contribution in [0.1, 0.15) is 24.3 Å². The Balaban J connectivity index is 2.34. The van der Waals surface area contributed by atoms with Gasteiger partial charge in [-0.05, 0) is 26.7 Å². The molecule has 1 saturated heterocycles. The van der Waals surface area contributed by atoms with Crippen LogP contribution in [0.5, 0.6) is 0 Å². The monoisotopic (exact) mass is 272 g/mol. The van der Waals surface area contributed by atoms with Crippen LogP contribution >= 0.6 is 0 Å². The highest BCUT2D eigenvalue weighted by molar-refractivity contribution is 7.89. The molecule has 1 aromatic rings. The van der Waals surface area contributed by atoms with Gasteiger partial charge in [0.1, 0.15) is 16.9 Å². The van der Waals surface area contributed by atoms with Crippen molar-refractivity contribution in [3.8, 4) is 0 Å². The molecule has 2 heterocycles. The first kappa shape index (κ1) is 13.2. The Hall–Kier alpha value is -1.21. The van der Waals surface area contributed by atoms with Crippen LogP contribution in [0.25, 0.3) is 0 Å². The van der Waals surface area contributed by atoms with E-state index in [9.17, 15) is 13.2 Å². The summed E-state index contributed by atoms with van der Waals surface area (Å²) < 4.78 is 31.2. The summed E-state index contributed by atoms with van der Waals surface area (Å²) in [6.45, 7) is 3.87. The molecule has 1 aliphatic heterocycles. The quantitative estimate of drug-likeness (QED) is 0.763. The maximum Gasteiger partial charge on any atom is 0.248 e. The van der Waals surface area contributed by atoms with E-state index in [0.717, 1.165) is 12.7 Å². The van der Waals surface area contributed by atoms with Crippen LogP contribution in [-0.4, -0.2) is 37.3 Å². The largest absolute Gasteiger partial charge is 0.360 e. The molecular weight excluding hydrogens is 256 g/mol. The van der Waals surface area contributed by atoms with Crippen LogP contribution in [0, 0.1) is 19.8 Å². The zero-order valence-corrected chi connectivity index (χ0v) is 11.2. The number of aromatic nitrogens is 1. The number of carbonyl (C=O) groups is 1. The third-order valence-electron chi connectivity index (χ3n) is 3.18. The van der Waals surface area contributed by atoms with Gasteiger partial charge in [-0.25, -0.2) is 8.42 Å². The Labute approximate surface area is 106 Å². The first-order valence-corrected chi connectivity index (χ1v) is 7.29. The van der Waals surface area contributed by atoms with Crippen molar-refractivity contribution in [2.45, 2.75) is 31.6 Å². The van der Waals surface area contributed by atoms with Gasteiger partial charge in [0.25, 0.3) is 0 Å². The fourth-order valence-corrected chi connectivity index (χ4v) is 4.10. The Kier molecular flexibility index (Phi) is 3.54. The van der Waals surface area contributed by atoms with Crippen LogP contribution in [0.3, 0.4) is 0 Å². The summed E-state index contributed by atoms with van der Waals surface area (Å²) >= 11 is 0. The van der Waals surface area contributed by atoms with Crippen molar-refractivity contribution in [3.05, 3.63) is 11.5 Å². The molecule has 1 fully saturated rings. The molecule has 0 aliphatic carbocycles. The van der Waals surface area contributed by atoms with Crippen molar-refractivity contribution >= 4 is 16.3 Å². The average molecular weight is 272 g/mol. The standard InChI is InChI=1S/C11H16N2O4S/c1-8-11(9(2)17-12-8)18(15,16)13-5-3-4-10(6-13)7-14/h7,10H,3-6H2,1-2H3. The minimum Gasteiger partial charge on any atom is -0.360 e. The lowest BCUT2D eigenvalue weighted by Gasteiger charge is -2.29. The highest BCUT2D eigenvalue weighted by atomic mass is 32.2. The second-order valence-corrected chi connectivity index (χ2v) is 6.43. The highest BCUT2D eigenvalue weighted by Crippen LogP contribution is 2.26. The minimum atomic E-state index is -3.60.